The van der Waals surface area contributed by atoms with E-state index in [0.29, 0.717) is 0 Å². The molecule has 5 heteroatoms. The lowest BCUT2D eigenvalue weighted by Crippen LogP contribution is -2.24. The van der Waals surface area contributed by atoms with E-state index < -0.39 is 17.7 Å². The van der Waals surface area contributed by atoms with Gasteiger partial charge in [0.15, 0.2) is 0 Å². The summed E-state index contributed by atoms with van der Waals surface area (Å²) in [5, 5.41) is 4.63. The first-order chi connectivity index (χ1) is 9.65. The summed E-state index contributed by atoms with van der Waals surface area (Å²) in [6.45, 7) is 0. The van der Waals surface area contributed by atoms with Crippen LogP contribution in [0, 0.1) is 11.6 Å². The smallest absolute Gasteiger partial charge is 0.314 e. The fourth-order valence-electron chi connectivity index (χ4n) is 1.53. The number of hydrogen-bond acceptors (Lipinski definition) is 1. The average molecular weight is 274 g/mol. The molecule has 2 aromatic rings. The summed E-state index contributed by atoms with van der Waals surface area (Å²) in [7, 11) is 0. The zero-order valence-corrected chi connectivity index (χ0v) is 10.4. The van der Waals surface area contributed by atoms with Crippen LogP contribution in [0.4, 0.5) is 19.3 Å². The summed E-state index contributed by atoms with van der Waals surface area (Å²) >= 11 is 0. The van der Waals surface area contributed by atoms with Crippen LogP contribution in [0.3, 0.4) is 0 Å². The van der Waals surface area contributed by atoms with Gasteiger partial charge >= 0.3 is 6.03 Å². The maximum atomic E-state index is 13.3. The number of carbonyl (C=O) groups excluding carboxylic acids is 1. The third-order valence-electron chi connectivity index (χ3n) is 2.47. The number of benzene rings is 2. The van der Waals surface area contributed by atoms with Crippen molar-refractivity contribution in [2.75, 3.05) is 5.32 Å². The molecule has 0 aromatic heterocycles. The second-order valence-corrected chi connectivity index (χ2v) is 3.97. The zero-order valence-electron chi connectivity index (χ0n) is 10.4. The topological polar surface area (TPSA) is 41.1 Å². The van der Waals surface area contributed by atoms with Crippen molar-refractivity contribution in [1.29, 1.82) is 0 Å². The quantitative estimate of drug-likeness (QED) is 0.879. The number of rotatable bonds is 3. The van der Waals surface area contributed by atoms with Gasteiger partial charge in [-0.25, -0.2) is 13.6 Å². The van der Waals surface area contributed by atoms with E-state index in [9.17, 15) is 13.6 Å². The van der Waals surface area contributed by atoms with E-state index in [4.69, 9.17) is 0 Å². The van der Waals surface area contributed by atoms with Gasteiger partial charge in [0.25, 0.3) is 0 Å². The van der Waals surface area contributed by atoms with Crippen molar-refractivity contribution in [3.8, 4) is 0 Å². The lowest BCUT2D eigenvalue weighted by atomic mass is 10.2. The Morgan fingerprint density at radius 3 is 2.55 bits per heavy atom. The molecule has 20 heavy (non-hydrogen) atoms. The first kappa shape index (κ1) is 13.7. The van der Waals surface area contributed by atoms with E-state index in [0.717, 1.165) is 23.8 Å². The summed E-state index contributed by atoms with van der Waals surface area (Å²) in [5.74, 6) is -1.32. The van der Waals surface area contributed by atoms with Gasteiger partial charge in [-0.3, -0.25) is 0 Å². The Kier molecular flexibility index (Phi) is 4.44. The minimum absolute atomic E-state index is 0.212. The maximum absolute atomic E-state index is 13.3. The van der Waals surface area contributed by atoms with Crippen LogP contribution in [0.5, 0.6) is 0 Å². The van der Waals surface area contributed by atoms with Crippen molar-refractivity contribution in [1.82, 2.24) is 5.32 Å². The Hall–Kier alpha value is -2.69. The molecule has 0 fully saturated rings. The van der Waals surface area contributed by atoms with Gasteiger partial charge < -0.3 is 10.6 Å². The number of anilines is 1. The lowest BCUT2D eigenvalue weighted by molar-refractivity contribution is 0.255. The second kappa shape index (κ2) is 6.47. The molecule has 0 aliphatic carbocycles. The van der Waals surface area contributed by atoms with Crippen LogP contribution in [-0.4, -0.2) is 6.03 Å². The van der Waals surface area contributed by atoms with Gasteiger partial charge in [-0.15, -0.1) is 0 Å². The Bertz CT molecular complexity index is 627. The molecule has 2 amide bonds. The summed E-state index contributed by atoms with van der Waals surface area (Å²) in [4.78, 5) is 11.5. The number of nitrogens with one attached hydrogen (secondary N) is 2. The molecule has 0 saturated carbocycles. The molecular formula is C15H12F2N2O. The van der Waals surface area contributed by atoms with E-state index in [1.165, 1.54) is 6.20 Å². The summed E-state index contributed by atoms with van der Waals surface area (Å²) in [5.41, 5.74) is 0.695. The van der Waals surface area contributed by atoms with Crippen LogP contribution in [-0.2, 0) is 0 Å². The standard InChI is InChI=1S/C15H12F2N2O/c16-12-6-7-13(17)14(10-12)19-15(20)18-9-8-11-4-2-1-3-5-11/h1-10H,(H2,18,19,20)/b9-8+. The van der Waals surface area contributed by atoms with Gasteiger partial charge in [-0.2, -0.15) is 0 Å². The van der Waals surface area contributed by atoms with Crippen molar-refractivity contribution in [3.05, 3.63) is 71.9 Å². The molecule has 102 valence electrons. The number of carbonyl (C=O) groups is 1. The number of urea groups is 1. The Morgan fingerprint density at radius 1 is 1.05 bits per heavy atom. The van der Waals surface area contributed by atoms with E-state index in [1.807, 2.05) is 30.3 Å². The predicted molar refractivity (Wildman–Crippen MR) is 74.0 cm³/mol. The summed E-state index contributed by atoms with van der Waals surface area (Å²) in [6, 6.07) is 11.5. The molecule has 0 aliphatic rings. The van der Waals surface area contributed by atoms with Gasteiger partial charge in [0.05, 0.1) is 5.69 Å². The highest BCUT2D eigenvalue weighted by atomic mass is 19.1. The largest absolute Gasteiger partial charge is 0.323 e. The SMILES string of the molecule is O=C(N/C=C/c1ccccc1)Nc1cc(F)ccc1F. The number of halogens is 2. The third-order valence-corrected chi connectivity index (χ3v) is 2.47. The predicted octanol–water partition coefficient (Wildman–Crippen LogP) is 3.76. The summed E-state index contributed by atoms with van der Waals surface area (Å²) < 4.78 is 26.2. The van der Waals surface area contributed by atoms with Gasteiger partial charge in [0.1, 0.15) is 11.6 Å². The van der Waals surface area contributed by atoms with Crippen molar-refractivity contribution < 1.29 is 13.6 Å². The Labute approximate surface area is 114 Å². The van der Waals surface area contributed by atoms with Crippen molar-refractivity contribution in [3.63, 3.8) is 0 Å². The van der Waals surface area contributed by atoms with Gasteiger partial charge in [-0.05, 0) is 23.8 Å². The summed E-state index contributed by atoms with van der Waals surface area (Å²) in [6.07, 6.45) is 3.10. The van der Waals surface area contributed by atoms with Gasteiger partial charge in [0.2, 0.25) is 0 Å². The molecule has 0 saturated heterocycles. The first-order valence-electron chi connectivity index (χ1n) is 5.89. The maximum Gasteiger partial charge on any atom is 0.323 e. The molecule has 2 rings (SSSR count). The average Bonchev–Trinajstić information content (AvgIpc) is 2.44. The Morgan fingerprint density at radius 2 is 1.80 bits per heavy atom. The first-order valence-corrected chi connectivity index (χ1v) is 5.89. The normalized spacial score (nSPS) is 10.5. The molecule has 2 aromatic carbocycles. The molecule has 0 unspecified atom stereocenters. The van der Waals surface area contributed by atoms with Crippen LogP contribution in [0.25, 0.3) is 6.08 Å². The molecule has 0 radical (unpaired) electrons. The molecular weight excluding hydrogens is 262 g/mol. The van der Waals surface area contributed by atoms with Crippen molar-refractivity contribution in [2.45, 2.75) is 0 Å². The fraction of sp³-hybridized carbons (Fsp3) is 0. The van der Waals surface area contributed by atoms with Crippen molar-refractivity contribution >= 4 is 17.8 Å². The van der Waals surface area contributed by atoms with Crippen LogP contribution in [0.15, 0.2) is 54.7 Å². The van der Waals surface area contributed by atoms with E-state index in [1.54, 1.807) is 6.08 Å². The molecule has 0 spiro atoms. The molecule has 0 aliphatic heterocycles. The lowest BCUT2D eigenvalue weighted by Gasteiger charge is -2.05. The van der Waals surface area contributed by atoms with Gasteiger partial charge in [-0.1, -0.05) is 30.3 Å². The molecule has 0 heterocycles. The van der Waals surface area contributed by atoms with Crippen LogP contribution in [0.1, 0.15) is 5.56 Å². The van der Waals surface area contributed by atoms with Crippen LogP contribution >= 0.6 is 0 Å². The highest BCUT2D eigenvalue weighted by Gasteiger charge is 2.06. The number of hydrogen-bond donors (Lipinski definition) is 2. The van der Waals surface area contributed by atoms with E-state index in [-0.39, 0.29) is 5.69 Å². The monoisotopic (exact) mass is 274 g/mol. The minimum Gasteiger partial charge on any atom is -0.314 e. The minimum atomic E-state index is -0.700. The van der Waals surface area contributed by atoms with E-state index >= 15 is 0 Å². The molecule has 3 nitrogen and oxygen atoms in total. The van der Waals surface area contributed by atoms with Crippen LogP contribution in [0.2, 0.25) is 0 Å². The van der Waals surface area contributed by atoms with E-state index in [2.05, 4.69) is 10.6 Å². The zero-order chi connectivity index (χ0) is 14.4. The fourth-order valence-corrected chi connectivity index (χ4v) is 1.53. The second-order valence-electron chi connectivity index (χ2n) is 3.97. The highest BCUT2D eigenvalue weighted by molar-refractivity contribution is 5.90. The number of amides is 2. The molecule has 0 atom stereocenters. The molecule has 0 bridgehead atoms. The van der Waals surface area contributed by atoms with Crippen molar-refractivity contribution in [2.24, 2.45) is 0 Å². The Balaban J connectivity index is 1.93. The third kappa shape index (κ3) is 3.91. The van der Waals surface area contributed by atoms with Gasteiger partial charge in [0, 0.05) is 12.3 Å². The highest BCUT2D eigenvalue weighted by Crippen LogP contribution is 2.14. The molecule has 2 N–H and O–H groups in total. The van der Waals surface area contributed by atoms with Crippen LogP contribution < -0.4 is 10.6 Å².